The molecule has 1 aromatic carbocycles. The zero-order valence-corrected chi connectivity index (χ0v) is 13.1. The SMILES string of the molecule is C[C@H](NC(=O)N[C@H](C)c1nc2ccccc2[nH]1)c1ccccn1. The van der Waals surface area contributed by atoms with E-state index in [2.05, 4.69) is 25.6 Å². The number of para-hydroxylation sites is 2. The first kappa shape index (κ1) is 15.0. The maximum atomic E-state index is 12.1. The summed E-state index contributed by atoms with van der Waals surface area (Å²) in [5, 5.41) is 5.76. The van der Waals surface area contributed by atoms with Crippen molar-refractivity contribution in [3.63, 3.8) is 0 Å². The maximum absolute atomic E-state index is 12.1. The summed E-state index contributed by atoms with van der Waals surface area (Å²) in [6.45, 7) is 3.79. The van der Waals surface area contributed by atoms with Crippen LogP contribution in [0.15, 0.2) is 48.7 Å². The van der Waals surface area contributed by atoms with Crippen LogP contribution in [-0.4, -0.2) is 21.0 Å². The lowest BCUT2D eigenvalue weighted by Crippen LogP contribution is -2.38. The summed E-state index contributed by atoms with van der Waals surface area (Å²) in [6, 6.07) is 12.8. The minimum Gasteiger partial charge on any atom is -0.340 e. The monoisotopic (exact) mass is 309 g/mol. The Bertz CT molecular complexity index is 766. The molecule has 6 nitrogen and oxygen atoms in total. The van der Waals surface area contributed by atoms with Gasteiger partial charge in [0.2, 0.25) is 0 Å². The second kappa shape index (κ2) is 6.48. The number of aromatic nitrogens is 3. The highest BCUT2D eigenvalue weighted by atomic mass is 16.2. The van der Waals surface area contributed by atoms with Crippen molar-refractivity contribution in [3.05, 3.63) is 60.2 Å². The third-order valence-corrected chi connectivity index (χ3v) is 3.64. The van der Waals surface area contributed by atoms with Crippen LogP contribution >= 0.6 is 0 Å². The molecule has 118 valence electrons. The van der Waals surface area contributed by atoms with Crippen LogP contribution < -0.4 is 10.6 Å². The molecule has 0 saturated carbocycles. The van der Waals surface area contributed by atoms with Gasteiger partial charge in [0, 0.05) is 6.20 Å². The average Bonchev–Trinajstić information content (AvgIpc) is 2.99. The first-order valence-corrected chi connectivity index (χ1v) is 7.56. The number of hydrogen-bond acceptors (Lipinski definition) is 3. The lowest BCUT2D eigenvalue weighted by Gasteiger charge is -2.16. The predicted octanol–water partition coefficient (Wildman–Crippen LogP) is 3.08. The number of hydrogen-bond donors (Lipinski definition) is 3. The molecule has 3 N–H and O–H groups in total. The number of imidazole rings is 1. The van der Waals surface area contributed by atoms with Gasteiger partial charge in [0.1, 0.15) is 5.82 Å². The maximum Gasteiger partial charge on any atom is 0.315 e. The Morgan fingerprint density at radius 1 is 1.04 bits per heavy atom. The number of benzene rings is 1. The molecular formula is C17H19N5O. The average molecular weight is 309 g/mol. The van der Waals surface area contributed by atoms with Crippen LogP contribution in [0, 0.1) is 0 Å². The number of carbonyl (C=O) groups is 1. The number of urea groups is 1. The van der Waals surface area contributed by atoms with E-state index in [1.54, 1.807) is 6.20 Å². The van der Waals surface area contributed by atoms with Crippen molar-refractivity contribution in [2.75, 3.05) is 0 Å². The Labute approximate surface area is 134 Å². The Morgan fingerprint density at radius 2 is 1.78 bits per heavy atom. The Balaban J connectivity index is 1.63. The molecule has 2 aromatic heterocycles. The van der Waals surface area contributed by atoms with Crippen LogP contribution in [0.25, 0.3) is 11.0 Å². The summed E-state index contributed by atoms with van der Waals surface area (Å²) >= 11 is 0. The summed E-state index contributed by atoms with van der Waals surface area (Å²) < 4.78 is 0. The lowest BCUT2D eigenvalue weighted by atomic mass is 10.2. The third-order valence-electron chi connectivity index (χ3n) is 3.64. The van der Waals surface area contributed by atoms with E-state index in [1.807, 2.05) is 56.3 Å². The molecule has 6 heteroatoms. The van der Waals surface area contributed by atoms with Crippen molar-refractivity contribution in [2.24, 2.45) is 0 Å². The van der Waals surface area contributed by atoms with Crippen LogP contribution in [0.3, 0.4) is 0 Å². The lowest BCUT2D eigenvalue weighted by molar-refractivity contribution is 0.234. The molecule has 0 bridgehead atoms. The third kappa shape index (κ3) is 3.48. The highest BCUT2D eigenvalue weighted by Gasteiger charge is 2.15. The molecule has 2 heterocycles. The van der Waals surface area contributed by atoms with Crippen LogP contribution in [-0.2, 0) is 0 Å². The van der Waals surface area contributed by atoms with Gasteiger partial charge in [0.25, 0.3) is 0 Å². The zero-order chi connectivity index (χ0) is 16.2. The smallest absolute Gasteiger partial charge is 0.315 e. The van der Waals surface area contributed by atoms with E-state index in [4.69, 9.17) is 0 Å². The normalized spacial score (nSPS) is 13.5. The van der Waals surface area contributed by atoms with Crippen LogP contribution in [0.1, 0.15) is 37.4 Å². The molecule has 0 fully saturated rings. The number of nitrogens with one attached hydrogen (secondary N) is 3. The fraction of sp³-hybridized carbons (Fsp3) is 0.235. The summed E-state index contributed by atoms with van der Waals surface area (Å²) in [5.74, 6) is 0.729. The van der Waals surface area contributed by atoms with Gasteiger partial charge in [-0.25, -0.2) is 9.78 Å². The molecule has 0 spiro atoms. The Morgan fingerprint density at radius 3 is 2.52 bits per heavy atom. The van der Waals surface area contributed by atoms with E-state index < -0.39 is 0 Å². The fourth-order valence-corrected chi connectivity index (χ4v) is 2.39. The van der Waals surface area contributed by atoms with Crippen molar-refractivity contribution in [1.82, 2.24) is 25.6 Å². The molecule has 2 atom stereocenters. The summed E-state index contributed by atoms with van der Waals surface area (Å²) in [4.78, 5) is 24.1. The largest absolute Gasteiger partial charge is 0.340 e. The van der Waals surface area contributed by atoms with Gasteiger partial charge in [-0.1, -0.05) is 18.2 Å². The number of carbonyl (C=O) groups excluding carboxylic acids is 1. The first-order chi connectivity index (χ1) is 11.1. The van der Waals surface area contributed by atoms with Crippen LogP contribution in [0.2, 0.25) is 0 Å². The van der Waals surface area contributed by atoms with Gasteiger partial charge in [-0.15, -0.1) is 0 Å². The van der Waals surface area contributed by atoms with Gasteiger partial charge in [0.15, 0.2) is 0 Å². The zero-order valence-electron chi connectivity index (χ0n) is 13.1. The van der Waals surface area contributed by atoms with Crippen molar-refractivity contribution >= 4 is 17.1 Å². The van der Waals surface area contributed by atoms with E-state index in [1.165, 1.54) is 0 Å². The number of amides is 2. The highest BCUT2D eigenvalue weighted by molar-refractivity contribution is 5.76. The van der Waals surface area contributed by atoms with Gasteiger partial charge < -0.3 is 15.6 Å². The standard InChI is InChI=1S/C17H19N5O/c1-11(13-7-5-6-10-18-13)19-17(23)20-12(2)16-21-14-8-3-4-9-15(14)22-16/h3-12H,1-2H3,(H,21,22)(H2,19,20,23)/t11-,12+/m0/s1. The summed E-state index contributed by atoms with van der Waals surface area (Å²) in [6.07, 6.45) is 1.71. The van der Waals surface area contributed by atoms with Gasteiger partial charge in [0.05, 0.1) is 28.8 Å². The number of rotatable bonds is 4. The van der Waals surface area contributed by atoms with E-state index in [-0.39, 0.29) is 18.1 Å². The molecule has 0 unspecified atom stereocenters. The first-order valence-electron chi connectivity index (χ1n) is 7.56. The molecule has 3 aromatic rings. The van der Waals surface area contributed by atoms with Crippen molar-refractivity contribution in [1.29, 1.82) is 0 Å². The van der Waals surface area contributed by atoms with Gasteiger partial charge in [-0.2, -0.15) is 0 Å². The highest BCUT2D eigenvalue weighted by Crippen LogP contribution is 2.15. The van der Waals surface area contributed by atoms with E-state index >= 15 is 0 Å². The molecule has 0 saturated heterocycles. The summed E-state index contributed by atoms with van der Waals surface area (Å²) in [7, 11) is 0. The van der Waals surface area contributed by atoms with Crippen LogP contribution in [0.5, 0.6) is 0 Å². The quantitative estimate of drug-likeness (QED) is 0.692. The predicted molar refractivity (Wildman–Crippen MR) is 88.8 cm³/mol. The molecule has 0 aliphatic heterocycles. The van der Waals surface area contributed by atoms with Crippen LogP contribution in [0.4, 0.5) is 4.79 Å². The minimum atomic E-state index is -0.254. The number of nitrogens with zero attached hydrogens (tertiary/aromatic N) is 2. The molecular weight excluding hydrogens is 290 g/mol. The number of aromatic amines is 1. The molecule has 23 heavy (non-hydrogen) atoms. The number of fused-ring (bicyclic) bond motifs is 1. The van der Waals surface area contributed by atoms with Gasteiger partial charge in [-0.3, -0.25) is 4.98 Å². The number of H-pyrrole nitrogens is 1. The topological polar surface area (TPSA) is 82.7 Å². The molecule has 0 radical (unpaired) electrons. The van der Waals surface area contributed by atoms with Crippen molar-refractivity contribution < 1.29 is 4.79 Å². The Kier molecular flexibility index (Phi) is 4.23. The van der Waals surface area contributed by atoms with E-state index in [9.17, 15) is 4.79 Å². The Hall–Kier alpha value is -2.89. The second-order valence-electron chi connectivity index (χ2n) is 5.45. The molecule has 0 aliphatic carbocycles. The molecule has 3 rings (SSSR count). The fourth-order valence-electron chi connectivity index (χ4n) is 2.39. The minimum absolute atomic E-state index is 0.168. The van der Waals surface area contributed by atoms with Gasteiger partial charge >= 0.3 is 6.03 Å². The second-order valence-corrected chi connectivity index (χ2v) is 5.45. The van der Waals surface area contributed by atoms with E-state index in [0.717, 1.165) is 22.6 Å². The number of pyridine rings is 1. The summed E-state index contributed by atoms with van der Waals surface area (Å²) in [5.41, 5.74) is 2.66. The van der Waals surface area contributed by atoms with E-state index in [0.29, 0.717) is 0 Å². The van der Waals surface area contributed by atoms with Gasteiger partial charge in [-0.05, 0) is 38.1 Å². The van der Waals surface area contributed by atoms with Crippen molar-refractivity contribution in [2.45, 2.75) is 25.9 Å². The molecule has 2 amide bonds. The molecule has 0 aliphatic rings. The van der Waals surface area contributed by atoms with Crippen molar-refractivity contribution in [3.8, 4) is 0 Å².